The fourth-order valence-electron chi connectivity index (χ4n) is 1.28. The van der Waals surface area contributed by atoms with Crippen molar-refractivity contribution in [1.82, 2.24) is 0 Å². The van der Waals surface area contributed by atoms with Gasteiger partial charge in [0.25, 0.3) is 0 Å². The zero-order valence-electron chi connectivity index (χ0n) is 10.0. The molecule has 0 bridgehead atoms. The molecule has 2 heteroatoms. The summed E-state index contributed by atoms with van der Waals surface area (Å²) in [6.45, 7) is 19.7. The van der Waals surface area contributed by atoms with Crippen LogP contribution in [0.2, 0.25) is 18.1 Å². The Labute approximate surface area is 80.8 Å². The monoisotopic (exact) mass is 204 g/mol. The lowest BCUT2D eigenvalue weighted by molar-refractivity contribution is 0.465. The number of hydrogen-bond donors (Lipinski definition) is 0. The Bertz CT molecular complexity index is 130. The molecule has 0 aliphatic heterocycles. The largest absolute Gasteiger partial charge is 0.124 e. The molecule has 0 unspecified atom stereocenters. The van der Waals surface area contributed by atoms with Crippen LogP contribution in [0.15, 0.2) is 0 Å². The minimum Gasteiger partial charge on any atom is -0.124 e. The second-order valence-corrected chi connectivity index (χ2v) is 17.6. The smallest absolute Gasteiger partial charge is 0.0801 e. The van der Waals surface area contributed by atoms with Crippen LogP contribution in [0.1, 0.15) is 27.7 Å². The van der Waals surface area contributed by atoms with Crippen molar-refractivity contribution in [3.8, 4) is 0 Å². The van der Waals surface area contributed by atoms with Crippen LogP contribution in [0.5, 0.6) is 0 Å². The van der Waals surface area contributed by atoms with Crippen molar-refractivity contribution < 1.29 is 0 Å². The fourth-order valence-corrected chi connectivity index (χ4v) is 8.08. The molecule has 0 N–H and O–H groups in total. The summed E-state index contributed by atoms with van der Waals surface area (Å²) in [5, 5.41) is 0.586. The lowest BCUT2D eigenvalue weighted by Crippen LogP contribution is -2.40. The van der Waals surface area contributed by atoms with E-state index in [0.717, 1.165) is 5.92 Å². The van der Waals surface area contributed by atoms with Gasteiger partial charge in [-0.3, -0.25) is 0 Å². The third-order valence-corrected chi connectivity index (χ3v) is 18.5. The molecular weight excluding hydrogens is 179 g/mol. The van der Waals surface area contributed by atoms with Crippen LogP contribution < -0.4 is 0 Å². The Morgan fingerprint density at radius 1 is 1.08 bits per heavy atom. The lowest BCUT2D eigenvalue weighted by atomic mass is 9.99. The molecule has 0 rings (SSSR count). The number of hydrogen-bond acceptors (Lipinski definition) is 0. The molecule has 0 saturated carbocycles. The molecule has 0 fully saturated rings. The standard InChI is InChI=1S/C10H25PSi/c1-9(2)10(3,4)12(7,8)11(5)6/h9H,1-8H3. The van der Waals surface area contributed by atoms with Crippen molar-refractivity contribution in [3.05, 3.63) is 0 Å². The van der Waals surface area contributed by atoms with Gasteiger partial charge in [-0.2, -0.15) is 0 Å². The van der Waals surface area contributed by atoms with Gasteiger partial charge in [0.1, 0.15) is 0 Å². The summed E-state index contributed by atoms with van der Waals surface area (Å²) in [5.41, 5.74) is 0. The molecule has 0 saturated heterocycles. The lowest BCUT2D eigenvalue weighted by Gasteiger charge is -2.46. The van der Waals surface area contributed by atoms with Gasteiger partial charge >= 0.3 is 0 Å². The Kier molecular flexibility index (Phi) is 4.00. The van der Waals surface area contributed by atoms with Gasteiger partial charge < -0.3 is 0 Å². The molecule has 74 valence electrons. The first-order chi connectivity index (χ1) is 5.14. The second kappa shape index (κ2) is 3.80. The summed E-state index contributed by atoms with van der Waals surface area (Å²) in [7, 11) is -0.732. The highest BCUT2D eigenvalue weighted by Gasteiger charge is 2.43. The second-order valence-electron chi connectivity index (χ2n) is 5.33. The molecule has 0 atom stereocenters. The van der Waals surface area contributed by atoms with E-state index in [1.807, 2.05) is 0 Å². The first-order valence-electron chi connectivity index (χ1n) is 4.81. The minimum atomic E-state index is -1.01. The van der Waals surface area contributed by atoms with Crippen LogP contribution in [-0.4, -0.2) is 21.1 Å². The molecular formula is C10H25PSi. The van der Waals surface area contributed by atoms with Crippen LogP contribution >= 0.6 is 7.47 Å². The predicted octanol–water partition coefficient (Wildman–Crippen LogP) is 4.37. The molecule has 0 heterocycles. The fraction of sp³-hybridized carbons (Fsp3) is 1.00. The van der Waals surface area contributed by atoms with Gasteiger partial charge in [-0.15, -0.1) is 7.47 Å². The van der Waals surface area contributed by atoms with E-state index in [4.69, 9.17) is 0 Å². The Morgan fingerprint density at radius 2 is 1.42 bits per heavy atom. The molecule has 0 aromatic carbocycles. The molecule has 12 heavy (non-hydrogen) atoms. The van der Waals surface area contributed by atoms with E-state index < -0.39 is 7.74 Å². The maximum absolute atomic E-state index is 2.55. The molecule has 0 amide bonds. The summed E-state index contributed by atoms with van der Waals surface area (Å²) in [6, 6.07) is 0. The van der Waals surface area contributed by atoms with Gasteiger partial charge in [0.2, 0.25) is 0 Å². The van der Waals surface area contributed by atoms with Crippen LogP contribution in [0.4, 0.5) is 0 Å². The van der Waals surface area contributed by atoms with E-state index >= 15 is 0 Å². The highest BCUT2D eigenvalue weighted by molar-refractivity contribution is 7.94. The molecule has 0 nitrogen and oxygen atoms in total. The van der Waals surface area contributed by atoms with Crippen molar-refractivity contribution in [2.45, 2.75) is 45.8 Å². The molecule has 0 aromatic rings. The van der Waals surface area contributed by atoms with Crippen LogP contribution in [-0.2, 0) is 0 Å². The van der Waals surface area contributed by atoms with Crippen molar-refractivity contribution >= 4 is 15.2 Å². The average molecular weight is 204 g/mol. The van der Waals surface area contributed by atoms with E-state index in [-0.39, 0.29) is 7.47 Å². The molecule has 0 aromatic heterocycles. The average Bonchev–Trinajstić information content (AvgIpc) is 1.86. The van der Waals surface area contributed by atoms with Crippen molar-refractivity contribution in [2.75, 3.05) is 13.3 Å². The van der Waals surface area contributed by atoms with Gasteiger partial charge in [-0.25, -0.2) is 0 Å². The van der Waals surface area contributed by atoms with E-state index in [1.165, 1.54) is 0 Å². The van der Waals surface area contributed by atoms with E-state index in [2.05, 4.69) is 54.1 Å². The topological polar surface area (TPSA) is 0 Å². The Balaban J connectivity index is 4.75. The van der Waals surface area contributed by atoms with Crippen molar-refractivity contribution in [1.29, 1.82) is 0 Å². The van der Waals surface area contributed by atoms with Crippen LogP contribution in [0, 0.1) is 5.92 Å². The molecule has 0 spiro atoms. The molecule has 0 radical (unpaired) electrons. The van der Waals surface area contributed by atoms with Gasteiger partial charge in [0, 0.05) is 0 Å². The molecule has 0 aliphatic carbocycles. The normalized spacial score (nSPS) is 14.5. The summed E-state index contributed by atoms with van der Waals surface area (Å²) in [6.07, 6.45) is 0. The van der Waals surface area contributed by atoms with Crippen molar-refractivity contribution in [2.24, 2.45) is 5.92 Å². The summed E-state index contributed by atoms with van der Waals surface area (Å²) < 4.78 is 0. The van der Waals surface area contributed by atoms with E-state index in [9.17, 15) is 0 Å². The predicted molar refractivity (Wildman–Crippen MR) is 65.1 cm³/mol. The summed E-state index contributed by atoms with van der Waals surface area (Å²) in [5.74, 6) is 0.823. The number of rotatable bonds is 3. The quantitative estimate of drug-likeness (QED) is 0.473. The first-order valence-corrected chi connectivity index (χ1v) is 10.9. The van der Waals surface area contributed by atoms with Crippen LogP contribution in [0.3, 0.4) is 0 Å². The van der Waals surface area contributed by atoms with Crippen molar-refractivity contribution in [3.63, 3.8) is 0 Å². The molecule has 0 aliphatic rings. The van der Waals surface area contributed by atoms with Gasteiger partial charge in [0.15, 0.2) is 0 Å². The Morgan fingerprint density at radius 3 is 1.50 bits per heavy atom. The van der Waals surface area contributed by atoms with E-state index in [1.54, 1.807) is 0 Å². The third kappa shape index (κ3) is 2.11. The highest BCUT2D eigenvalue weighted by Crippen LogP contribution is 2.57. The third-order valence-electron chi connectivity index (χ3n) is 4.14. The maximum Gasteiger partial charge on any atom is 0.0801 e. The van der Waals surface area contributed by atoms with Gasteiger partial charge in [-0.05, 0) is 24.3 Å². The minimum absolute atomic E-state index is 0.275. The zero-order chi connectivity index (χ0) is 10.2. The van der Waals surface area contributed by atoms with Crippen LogP contribution in [0.25, 0.3) is 0 Å². The van der Waals surface area contributed by atoms with Gasteiger partial charge in [0.05, 0.1) is 7.74 Å². The summed E-state index contributed by atoms with van der Waals surface area (Å²) in [4.78, 5) is 0. The first kappa shape index (κ1) is 12.6. The SMILES string of the molecule is CC(C)C(C)(C)[Si](C)(C)P(C)C. The van der Waals surface area contributed by atoms with E-state index in [0.29, 0.717) is 5.04 Å². The zero-order valence-corrected chi connectivity index (χ0v) is 11.9. The summed E-state index contributed by atoms with van der Waals surface area (Å²) >= 11 is 0. The maximum atomic E-state index is 2.55. The Hall–Kier alpha value is 0.647. The van der Waals surface area contributed by atoms with Gasteiger partial charge in [-0.1, -0.05) is 40.8 Å². The highest BCUT2D eigenvalue weighted by atomic mass is 31.4.